The zero-order chi connectivity index (χ0) is 25.1. The second kappa shape index (κ2) is 10.4. The van der Waals surface area contributed by atoms with Crippen LogP contribution in [0.15, 0.2) is 36.5 Å². The van der Waals surface area contributed by atoms with Crippen molar-refractivity contribution in [3.05, 3.63) is 47.8 Å². The Bertz CT molecular complexity index is 1250. The minimum atomic E-state index is -0.390. The number of pyridine rings is 1. The Morgan fingerprint density at radius 2 is 2.11 bits per heavy atom. The molecule has 0 bridgehead atoms. The summed E-state index contributed by atoms with van der Waals surface area (Å²) in [5.41, 5.74) is 7.41. The molecular formula is C26H31N5O5. The number of aromatic amines is 1. The lowest BCUT2D eigenvalue weighted by Gasteiger charge is -2.35. The number of H-pyrrole nitrogens is 1. The smallest absolute Gasteiger partial charge is 0.354 e. The van der Waals surface area contributed by atoms with E-state index in [4.69, 9.17) is 19.9 Å². The van der Waals surface area contributed by atoms with Gasteiger partial charge in [0.1, 0.15) is 24.2 Å². The van der Waals surface area contributed by atoms with Gasteiger partial charge in [-0.1, -0.05) is 0 Å². The third-order valence-corrected chi connectivity index (χ3v) is 6.73. The molecule has 1 atom stereocenters. The number of piperidine rings is 1. The van der Waals surface area contributed by atoms with Crippen molar-refractivity contribution >= 4 is 28.6 Å². The largest absolute Gasteiger partial charge is 0.486 e. The number of rotatable bonds is 7. The average Bonchev–Trinajstić information content (AvgIpc) is 3.34. The number of ether oxygens (including phenoxy) is 3. The van der Waals surface area contributed by atoms with E-state index in [2.05, 4.69) is 20.2 Å². The van der Waals surface area contributed by atoms with Crippen LogP contribution < -0.4 is 20.5 Å². The van der Waals surface area contributed by atoms with Crippen molar-refractivity contribution in [1.29, 1.82) is 0 Å². The zero-order valence-electron chi connectivity index (χ0n) is 20.3. The summed E-state index contributed by atoms with van der Waals surface area (Å²) in [5, 5.41) is 3.80. The van der Waals surface area contributed by atoms with Gasteiger partial charge in [-0.3, -0.25) is 9.69 Å². The third-order valence-electron chi connectivity index (χ3n) is 6.73. The van der Waals surface area contributed by atoms with Crippen molar-refractivity contribution in [3.63, 3.8) is 0 Å². The Morgan fingerprint density at radius 1 is 1.28 bits per heavy atom. The minimum absolute atomic E-state index is 0.117. The van der Waals surface area contributed by atoms with E-state index in [-0.39, 0.29) is 17.8 Å². The van der Waals surface area contributed by atoms with Crippen molar-refractivity contribution in [2.75, 3.05) is 45.1 Å². The number of hydrogen-bond donors (Lipinski definition) is 3. The predicted octanol–water partition coefficient (Wildman–Crippen LogP) is 2.60. The first-order valence-electron chi connectivity index (χ1n) is 12.3. The molecule has 4 heterocycles. The van der Waals surface area contributed by atoms with Gasteiger partial charge in [0.2, 0.25) is 0 Å². The topological polar surface area (TPSA) is 132 Å². The van der Waals surface area contributed by atoms with Crippen LogP contribution in [0.2, 0.25) is 0 Å². The molecule has 1 amide bonds. The highest BCUT2D eigenvalue weighted by Gasteiger charge is 2.28. The lowest BCUT2D eigenvalue weighted by molar-refractivity contribution is 0.0490. The van der Waals surface area contributed by atoms with Crippen molar-refractivity contribution in [2.24, 2.45) is 5.92 Å². The average molecular weight is 494 g/mol. The Kier molecular flexibility index (Phi) is 6.95. The molecule has 2 aliphatic rings. The maximum atomic E-state index is 12.4. The number of esters is 1. The quantitative estimate of drug-likeness (QED) is 0.428. The molecule has 4 N–H and O–H groups in total. The number of benzene rings is 1. The van der Waals surface area contributed by atoms with Crippen LogP contribution >= 0.6 is 0 Å². The summed E-state index contributed by atoms with van der Waals surface area (Å²) in [7, 11) is 0. The van der Waals surface area contributed by atoms with Gasteiger partial charge in [0, 0.05) is 24.7 Å². The molecule has 190 valence electrons. The molecule has 1 aromatic carbocycles. The first-order chi connectivity index (χ1) is 17.5. The van der Waals surface area contributed by atoms with Gasteiger partial charge in [-0.2, -0.15) is 0 Å². The summed E-state index contributed by atoms with van der Waals surface area (Å²) < 4.78 is 17.5. The lowest BCUT2D eigenvalue weighted by atomic mass is 9.96. The van der Waals surface area contributed by atoms with Gasteiger partial charge < -0.3 is 30.2 Å². The van der Waals surface area contributed by atoms with Crippen molar-refractivity contribution in [1.82, 2.24) is 20.2 Å². The fourth-order valence-corrected chi connectivity index (χ4v) is 4.79. The number of anilines is 1. The number of nitrogens with two attached hydrogens (primary N) is 1. The van der Waals surface area contributed by atoms with Gasteiger partial charge in [0.15, 0.2) is 11.5 Å². The van der Waals surface area contributed by atoms with E-state index in [1.807, 2.05) is 12.1 Å². The molecule has 2 aliphatic heterocycles. The second-order valence-electron chi connectivity index (χ2n) is 9.20. The number of carbonyl (C=O) groups is 2. The number of nitrogens with zero attached hydrogens (tertiary/aromatic N) is 2. The molecule has 0 spiro atoms. The Morgan fingerprint density at radius 3 is 2.89 bits per heavy atom. The van der Waals surface area contributed by atoms with Crippen molar-refractivity contribution < 1.29 is 23.8 Å². The standard InChI is InChI=1S/C26H31N5O5/c1-2-34-26(33)21-12-19-20(30-21)5-6-22-23(19)36-17(15-35-22)14-31-10-7-16(8-11-31)13-29-25(32)18-4-3-9-28-24(18)27/h3-6,9,12,16-17,30H,2,7-8,10-11,13-15H2,1H3,(H2,27,28)(H,29,32). The first kappa shape index (κ1) is 23.9. The number of aromatic nitrogens is 2. The minimum Gasteiger partial charge on any atom is -0.486 e. The van der Waals surface area contributed by atoms with Gasteiger partial charge in [-0.25, -0.2) is 9.78 Å². The zero-order valence-corrected chi connectivity index (χ0v) is 20.3. The maximum Gasteiger partial charge on any atom is 0.354 e. The molecular weight excluding hydrogens is 462 g/mol. The molecule has 0 aliphatic carbocycles. The van der Waals surface area contributed by atoms with Crippen LogP contribution in [0.1, 0.15) is 40.6 Å². The molecule has 1 fully saturated rings. The van der Waals surface area contributed by atoms with E-state index < -0.39 is 5.97 Å². The molecule has 0 saturated carbocycles. The number of hydrogen-bond acceptors (Lipinski definition) is 8. The Hall–Kier alpha value is -3.79. The summed E-state index contributed by atoms with van der Waals surface area (Å²) in [6, 6.07) is 8.89. The van der Waals surface area contributed by atoms with Crippen LogP contribution in [-0.4, -0.2) is 72.2 Å². The molecule has 2 aromatic heterocycles. The molecule has 10 heteroatoms. The highest BCUT2D eigenvalue weighted by molar-refractivity contribution is 5.98. The van der Waals surface area contributed by atoms with Gasteiger partial charge in [0.05, 0.1) is 17.7 Å². The number of amides is 1. The SMILES string of the molecule is CCOC(=O)c1cc2c3c(ccc2[nH]1)OCC(CN1CCC(CNC(=O)c2cccnc2N)CC1)O3. The number of likely N-dealkylation sites (tertiary alicyclic amines) is 1. The Labute approximate surface area is 209 Å². The van der Waals surface area contributed by atoms with Crippen LogP contribution in [0.4, 0.5) is 5.82 Å². The number of nitrogens with one attached hydrogen (secondary N) is 2. The molecule has 3 aromatic rings. The fourth-order valence-electron chi connectivity index (χ4n) is 4.79. The van der Waals surface area contributed by atoms with E-state index in [1.165, 1.54) is 0 Å². The number of fused-ring (bicyclic) bond motifs is 3. The number of carbonyl (C=O) groups excluding carboxylic acids is 2. The van der Waals surface area contributed by atoms with E-state index >= 15 is 0 Å². The summed E-state index contributed by atoms with van der Waals surface area (Å²) in [6.07, 6.45) is 3.42. The molecule has 1 unspecified atom stereocenters. The van der Waals surface area contributed by atoms with Crippen LogP contribution in [0.3, 0.4) is 0 Å². The fraction of sp³-hybridized carbons (Fsp3) is 0.423. The molecule has 0 radical (unpaired) electrons. The molecule has 10 nitrogen and oxygen atoms in total. The summed E-state index contributed by atoms with van der Waals surface area (Å²) in [6.45, 7) is 5.77. The highest BCUT2D eigenvalue weighted by atomic mass is 16.6. The van der Waals surface area contributed by atoms with Crippen LogP contribution in [0.25, 0.3) is 10.9 Å². The monoisotopic (exact) mass is 493 g/mol. The molecule has 1 saturated heterocycles. The third kappa shape index (κ3) is 5.08. The molecule has 5 rings (SSSR count). The van der Waals surface area contributed by atoms with Gasteiger partial charge in [0.25, 0.3) is 5.91 Å². The normalized spacial score (nSPS) is 18.2. The van der Waals surface area contributed by atoms with Gasteiger partial charge in [-0.15, -0.1) is 0 Å². The van der Waals surface area contributed by atoms with E-state index in [0.29, 0.717) is 48.4 Å². The van der Waals surface area contributed by atoms with E-state index in [9.17, 15) is 9.59 Å². The predicted molar refractivity (Wildman–Crippen MR) is 134 cm³/mol. The van der Waals surface area contributed by atoms with Gasteiger partial charge in [-0.05, 0) is 69.1 Å². The Balaban J connectivity index is 1.14. The van der Waals surface area contributed by atoms with E-state index in [1.54, 1.807) is 31.3 Å². The van der Waals surface area contributed by atoms with Gasteiger partial charge >= 0.3 is 5.97 Å². The maximum absolute atomic E-state index is 12.4. The number of nitrogen functional groups attached to an aromatic ring is 1. The second-order valence-corrected chi connectivity index (χ2v) is 9.20. The van der Waals surface area contributed by atoms with Crippen LogP contribution in [0, 0.1) is 5.92 Å². The first-order valence-corrected chi connectivity index (χ1v) is 12.3. The van der Waals surface area contributed by atoms with Crippen molar-refractivity contribution in [3.8, 4) is 11.5 Å². The summed E-state index contributed by atoms with van der Waals surface area (Å²) >= 11 is 0. The molecule has 36 heavy (non-hydrogen) atoms. The summed E-state index contributed by atoms with van der Waals surface area (Å²) in [5.74, 6) is 1.42. The van der Waals surface area contributed by atoms with Crippen LogP contribution in [-0.2, 0) is 4.74 Å². The van der Waals surface area contributed by atoms with Crippen molar-refractivity contribution in [2.45, 2.75) is 25.9 Å². The van der Waals surface area contributed by atoms with Crippen LogP contribution in [0.5, 0.6) is 11.5 Å². The lowest BCUT2D eigenvalue weighted by Crippen LogP contribution is -2.45. The summed E-state index contributed by atoms with van der Waals surface area (Å²) in [4.78, 5) is 34.0. The van der Waals surface area contributed by atoms with E-state index in [0.717, 1.165) is 43.4 Å². The highest BCUT2D eigenvalue weighted by Crippen LogP contribution is 2.39.